The van der Waals surface area contributed by atoms with Crippen molar-refractivity contribution in [2.45, 2.75) is 39.5 Å². The highest BCUT2D eigenvalue weighted by atomic mass is 16.4. The maximum absolute atomic E-state index is 11.1. The molecule has 0 fully saturated rings. The molecular weight excluding hydrogens is 164 g/mol. The molecular formula is C11H16O2. The minimum Gasteiger partial charge on any atom is -0.428 e. The third-order valence-corrected chi connectivity index (χ3v) is 2.01. The lowest BCUT2D eigenvalue weighted by molar-refractivity contribution is 0.453. The minimum absolute atomic E-state index is 0.227. The van der Waals surface area contributed by atoms with Gasteiger partial charge in [0.2, 0.25) is 0 Å². The quantitative estimate of drug-likeness (QED) is 0.716. The molecule has 2 nitrogen and oxygen atoms in total. The third-order valence-electron chi connectivity index (χ3n) is 2.01. The van der Waals surface area contributed by atoms with Crippen LogP contribution in [0.3, 0.4) is 0 Å². The standard InChI is InChI=1S/C11H16O2/c1-4-5-10-6-9(8(2)3)7-11(12)13-10/h6-8H,4-5H2,1-3H3. The van der Waals surface area contributed by atoms with Gasteiger partial charge in [0.15, 0.2) is 0 Å². The zero-order valence-corrected chi connectivity index (χ0v) is 8.46. The molecule has 1 aromatic rings. The Morgan fingerprint density at radius 3 is 2.62 bits per heavy atom. The van der Waals surface area contributed by atoms with Crippen molar-refractivity contribution in [1.29, 1.82) is 0 Å². The van der Waals surface area contributed by atoms with E-state index >= 15 is 0 Å². The molecule has 0 saturated carbocycles. The molecule has 0 unspecified atom stereocenters. The van der Waals surface area contributed by atoms with Crippen LogP contribution >= 0.6 is 0 Å². The lowest BCUT2D eigenvalue weighted by Gasteiger charge is -2.05. The summed E-state index contributed by atoms with van der Waals surface area (Å²) in [6.07, 6.45) is 1.85. The number of rotatable bonds is 3. The predicted molar refractivity (Wildman–Crippen MR) is 53.1 cm³/mol. The van der Waals surface area contributed by atoms with Gasteiger partial charge in [-0.05, 0) is 24.0 Å². The molecule has 1 heterocycles. The van der Waals surface area contributed by atoms with E-state index in [1.165, 1.54) is 0 Å². The van der Waals surface area contributed by atoms with Gasteiger partial charge in [-0.15, -0.1) is 0 Å². The molecule has 0 N–H and O–H groups in total. The normalized spacial score (nSPS) is 10.8. The second kappa shape index (κ2) is 4.26. The minimum atomic E-state index is -0.227. The van der Waals surface area contributed by atoms with Crippen LogP contribution in [-0.2, 0) is 6.42 Å². The highest BCUT2D eigenvalue weighted by molar-refractivity contribution is 5.17. The average Bonchev–Trinajstić information content (AvgIpc) is 2.03. The smallest absolute Gasteiger partial charge is 0.336 e. The van der Waals surface area contributed by atoms with Crippen LogP contribution in [0.5, 0.6) is 0 Å². The van der Waals surface area contributed by atoms with Gasteiger partial charge in [0.1, 0.15) is 5.76 Å². The van der Waals surface area contributed by atoms with Crippen molar-refractivity contribution >= 4 is 0 Å². The second-order valence-corrected chi connectivity index (χ2v) is 3.58. The summed E-state index contributed by atoms with van der Waals surface area (Å²) in [7, 11) is 0. The monoisotopic (exact) mass is 180 g/mol. The van der Waals surface area contributed by atoms with Crippen LogP contribution in [-0.4, -0.2) is 0 Å². The topological polar surface area (TPSA) is 30.2 Å². The summed E-state index contributed by atoms with van der Waals surface area (Å²) in [5, 5.41) is 0. The summed E-state index contributed by atoms with van der Waals surface area (Å²) in [6.45, 7) is 6.22. The zero-order valence-electron chi connectivity index (χ0n) is 8.46. The molecule has 0 atom stereocenters. The second-order valence-electron chi connectivity index (χ2n) is 3.58. The van der Waals surface area contributed by atoms with E-state index in [-0.39, 0.29) is 5.63 Å². The molecule has 0 spiro atoms. The summed E-state index contributed by atoms with van der Waals surface area (Å²) < 4.78 is 5.05. The van der Waals surface area contributed by atoms with Gasteiger partial charge >= 0.3 is 5.63 Å². The van der Waals surface area contributed by atoms with Crippen LogP contribution in [0, 0.1) is 0 Å². The Labute approximate surface area is 78.6 Å². The highest BCUT2D eigenvalue weighted by Gasteiger charge is 2.03. The van der Waals surface area contributed by atoms with Crippen molar-refractivity contribution in [2.24, 2.45) is 0 Å². The summed E-state index contributed by atoms with van der Waals surface area (Å²) in [4.78, 5) is 11.1. The van der Waals surface area contributed by atoms with Gasteiger partial charge in [-0.25, -0.2) is 4.79 Å². The molecule has 0 aliphatic heterocycles. The van der Waals surface area contributed by atoms with Crippen molar-refractivity contribution in [2.75, 3.05) is 0 Å². The lowest BCUT2D eigenvalue weighted by atomic mass is 10.0. The Balaban J connectivity index is 3.04. The summed E-state index contributed by atoms with van der Waals surface area (Å²) in [5.41, 5.74) is 0.842. The van der Waals surface area contributed by atoms with Crippen LogP contribution in [0.25, 0.3) is 0 Å². The van der Waals surface area contributed by atoms with E-state index in [1.54, 1.807) is 6.07 Å². The predicted octanol–water partition coefficient (Wildman–Crippen LogP) is 2.72. The Bertz CT molecular complexity index is 323. The fraction of sp³-hybridized carbons (Fsp3) is 0.545. The fourth-order valence-corrected chi connectivity index (χ4v) is 1.25. The van der Waals surface area contributed by atoms with E-state index in [2.05, 4.69) is 20.8 Å². The van der Waals surface area contributed by atoms with E-state index < -0.39 is 0 Å². The molecule has 1 aromatic heterocycles. The first-order chi connectivity index (χ1) is 6.13. The van der Waals surface area contributed by atoms with Gasteiger partial charge in [-0.3, -0.25) is 0 Å². The van der Waals surface area contributed by atoms with Gasteiger partial charge in [-0.2, -0.15) is 0 Å². The largest absolute Gasteiger partial charge is 0.428 e. The maximum Gasteiger partial charge on any atom is 0.336 e. The molecule has 0 aliphatic rings. The first-order valence-electron chi connectivity index (χ1n) is 4.77. The van der Waals surface area contributed by atoms with Crippen LogP contribution in [0.1, 0.15) is 44.4 Å². The molecule has 0 radical (unpaired) electrons. The van der Waals surface area contributed by atoms with Crippen molar-refractivity contribution in [1.82, 2.24) is 0 Å². The van der Waals surface area contributed by atoms with Crippen LogP contribution in [0.15, 0.2) is 21.3 Å². The van der Waals surface area contributed by atoms with Crippen molar-refractivity contribution in [3.8, 4) is 0 Å². The molecule has 2 heteroatoms. The fourth-order valence-electron chi connectivity index (χ4n) is 1.25. The first kappa shape index (κ1) is 10.0. The van der Waals surface area contributed by atoms with E-state index in [0.29, 0.717) is 5.92 Å². The van der Waals surface area contributed by atoms with Crippen LogP contribution < -0.4 is 5.63 Å². The molecule has 1 rings (SSSR count). The summed E-state index contributed by atoms with van der Waals surface area (Å²) in [5.74, 6) is 1.19. The lowest BCUT2D eigenvalue weighted by Crippen LogP contribution is -2.03. The van der Waals surface area contributed by atoms with Crippen molar-refractivity contribution in [3.05, 3.63) is 33.9 Å². The number of hydrogen-bond acceptors (Lipinski definition) is 2. The van der Waals surface area contributed by atoms with Crippen LogP contribution in [0.2, 0.25) is 0 Å². The van der Waals surface area contributed by atoms with E-state index in [1.807, 2.05) is 6.07 Å². The Morgan fingerprint density at radius 1 is 1.38 bits per heavy atom. The molecule has 0 bridgehead atoms. The summed E-state index contributed by atoms with van der Waals surface area (Å²) in [6, 6.07) is 3.55. The van der Waals surface area contributed by atoms with Gasteiger partial charge in [0, 0.05) is 12.5 Å². The average molecular weight is 180 g/mol. The third kappa shape index (κ3) is 2.72. The van der Waals surface area contributed by atoms with Gasteiger partial charge < -0.3 is 4.42 Å². The molecule has 13 heavy (non-hydrogen) atoms. The summed E-state index contributed by atoms with van der Waals surface area (Å²) >= 11 is 0. The Kier molecular flexibility index (Phi) is 3.29. The van der Waals surface area contributed by atoms with E-state index in [0.717, 1.165) is 24.2 Å². The molecule has 0 amide bonds. The Morgan fingerprint density at radius 2 is 2.08 bits per heavy atom. The maximum atomic E-state index is 11.1. The Hall–Kier alpha value is -1.05. The molecule has 0 aromatic carbocycles. The van der Waals surface area contributed by atoms with E-state index in [9.17, 15) is 4.79 Å². The van der Waals surface area contributed by atoms with Gasteiger partial charge in [0.05, 0.1) is 0 Å². The van der Waals surface area contributed by atoms with Gasteiger partial charge in [-0.1, -0.05) is 20.8 Å². The molecule has 0 aliphatic carbocycles. The van der Waals surface area contributed by atoms with Crippen molar-refractivity contribution < 1.29 is 4.42 Å². The zero-order chi connectivity index (χ0) is 9.84. The SMILES string of the molecule is CCCc1cc(C(C)C)cc(=O)o1. The number of hydrogen-bond donors (Lipinski definition) is 0. The molecule has 72 valence electrons. The highest BCUT2D eigenvalue weighted by Crippen LogP contribution is 2.14. The van der Waals surface area contributed by atoms with Crippen molar-refractivity contribution in [3.63, 3.8) is 0 Å². The first-order valence-corrected chi connectivity index (χ1v) is 4.77. The number of aryl methyl sites for hydroxylation is 1. The van der Waals surface area contributed by atoms with Gasteiger partial charge in [0.25, 0.3) is 0 Å². The molecule has 0 saturated heterocycles. The van der Waals surface area contributed by atoms with E-state index in [4.69, 9.17) is 4.42 Å². The van der Waals surface area contributed by atoms with Crippen LogP contribution in [0.4, 0.5) is 0 Å².